The lowest BCUT2D eigenvalue weighted by molar-refractivity contribution is 0.0691. The number of carboxylic acids is 1. The van der Waals surface area contributed by atoms with Crippen LogP contribution in [0.5, 0.6) is 0 Å². The highest BCUT2D eigenvalue weighted by Crippen LogP contribution is 2.20. The quantitative estimate of drug-likeness (QED) is 0.567. The van der Waals surface area contributed by atoms with E-state index in [9.17, 15) is 9.59 Å². The van der Waals surface area contributed by atoms with Crippen molar-refractivity contribution in [2.45, 2.75) is 6.92 Å². The number of nitrogen functional groups attached to an aromatic ring is 1. The van der Waals surface area contributed by atoms with E-state index >= 15 is 0 Å². The molecule has 92 valence electrons. The number of hydrogen-bond donors (Lipinski definition) is 3. The van der Waals surface area contributed by atoms with Gasteiger partial charge in [0.15, 0.2) is 5.78 Å². The van der Waals surface area contributed by atoms with E-state index in [0.717, 1.165) is 5.56 Å². The number of aryl methyl sites for hydroxylation is 1. The van der Waals surface area contributed by atoms with Gasteiger partial charge in [-0.25, -0.2) is 4.79 Å². The molecule has 18 heavy (non-hydrogen) atoms. The third-order valence-corrected chi connectivity index (χ3v) is 2.71. The molecule has 0 fully saturated rings. The minimum absolute atomic E-state index is 0.0227. The van der Waals surface area contributed by atoms with Crippen LogP contribution in [-0.2, 0) is 0 Å². The Labute approximate surface area is 103 Å². The second-order valence-corrected chi connectivity index (χ2v) is 3.98. The van der Waals surface area contributed by atoms with Crippen molar-refractivity contribution in [3.63, 3.8) is 0 Å². The zero-order valence-electron chi connectivity index (χ0n) is 9.73. The van der Waals surface area contributed by atoms with E-state index in [0.29, 0.717) is 11.3 Å². The Morgan fingerprint density at radius 2 is 2.06 bits per heavy atom. The molecule has 0 aliphatic carbocycles. The molecule has 0 bridgehead atoms. The number of nitrogens with one attached hydrogen (secondary N) is 1. The smallest absolute Gasteiger partial charge is 0.352 e. The van der Waals surface area contributed by atoms with Gasteiger partial charge in [-0.1, -0.05) is 12.1 Å². The second kappa shape index (κ2) is 4.37. The second-order valence-electron chi connectivity index (χ2n) is 3.98. The van der Waals surface area contributed by atoms with Gasteiger partial charge in [0.25, 0.3) is 0 Å². The van der Waals surface area contributed by atoms with Gasteiger partial charge in [-0.2, -0.15) is 0 Å². The number of rotatable bonds is 3. The number of benzene rings is 1. The number of ketones is 1. The summed E-state index contributed by atoms with van der Waals surface area (Å²) in [6.45, 7) is 1.79. The Morgan fingerprint density at radius 3 is 2.61 bits per heavy atom. The van der Waals surface area contributed by atoms with E-state index in [-0.39, 0.29) is 17.0 Å². The molecule has 0 spiro atoms. The molecule has 2 rings (SSSR count). The summed E-state index contributed by atoms with van der Waals surface area (Å²) in [5.41, 5.74) is 7.60. The molecule has 0 aliphatic heterocycles. The zero-order valence-corrected chi connectivity index (χ0v) is 9.73. The summed E-state index contributed by atoms with van der Waals surface area (Å²) >= 11 is 0. The number of carboxylic acid groups (broad SMARTS) is 1. The van der Waals surface area contributed by atoms with Gasteiger partial charge in [-0.15, -0.1) is 0 Å². The molecular formula is C13H12N2O3. The molecule has 4 N–H and O–H groups in total. The molecule has 0 amide bonds. The molecule has 1 aromatic heterocycles. The van der Waals surface area contributed by atoms with Crippen molar-refractivity contribution in [2.75, 3.05) is 5.73 Å². The zero-order chi connectivity index (χ0) is 13.3. The van der Waals surface area contributed by atoms with Gasteiger partial charge in [-0.05, 0) is 24.6 Å². The monoisotopic (exact) mass is 244 g/mol. The fourth-order valence-electron chi connectivity index (χ4n) is 1.79. The Kier molecular flexibility index (Phi) is 2.89. The average molecular weight is 244 g/mol. The lowest BCUT2D eigenvalue weighted by Gasteiger charge is -2.06. The predicted molar refractivity (Wildman–Crippen MR) is 66.8 cm³/mol. The number of anilines is 1. The van der Waals surface area contributed by atoms with Crippen molar-refractivity contribution in [1.29, 1.82) is 0 Å². The van der Waals surface area contributed by atoms with E-state index in [2.05, 4.69) is 4.98 Å². The van der Waals surface area contributed by atoms with E-state index in [1.54, 1.807) is 25.1 Å². The highest BCUT2D eigenvalue weighted by molar-refractivity contribution is 6.13. The Balaban J connectivity index is 2.45. The molecular weight excluding hydrogens is 232 g/mol. The maximum absolute atomic E-state index is 12.2. The van der Waals surface area contributed by atoms with E-state index in [1.165, 1.54) is 12.3 Å². The van der Waals surface area contributed by atoms with Crippen LogP contribution < -0.4 is 5.73 Å². The van der Waals surface area contributed by atoms with Crippen LogP contribution >= 0.6 is 0 Å². The Morgan fingerprint density at radius 1 is 1.33 bits per heavy atom. The largest absolute Gasteiger partial charge is 0.477 e. The van der Waals surface area contributed by atoms with E-state index in [4.69, 9.17) is 10.8 Å². The first-order valence-corrected chi connectivity index (χ1v) is 5.32. The number of H-pyrrole nitrogens is 1. The first-order valence-electron chi connectivity index (χ1n) is 5.32. The van der Waals surface area contributed by atoms with Gasteiger partial charge in [0.1, 0.15) is 5.69 Å². The fourth-order valence-corrected chi connectivity index (χ4v) is 1.79. The van der Waals surface area contributed by atoms with E-state index in [1.807, 2.05) is 0 Å². The van der Waals surface area contributed by atoms with Gasteiger partial charge < -0.3 is 15.8 Å². The summed E-state index contributed by atoms with van der Waals surface area (Å²) in [5, 5.41) is 8.79. The van der Waals surface area contributed by atoms with Crippen molar-refractivity contribution < 1.29 is 14.7 Å². The van der Waals surface area contributed by atoms with Gasteiger partial charge in [0, 0.05) is 23.0 Å². The van der Waals surface area contributed by atoms with Crippen molar-refractivity contribution in [3.05, 3.63) is 52.8 Å². The van der Waals surface area contributed by atoms with Crippen molar-refractivity contribution in [2.24, 2.45) is 0 Å². The molecule has 2 aromatic rings. The topological polar surface area (TPSA) is 96.2 Å². The van der Waals surface area contributed by atoms with Gasteiger partial charge in [-0.3, -0.25) is 4.79 Å². The third-order valence-electron chi connectivity index (χ3n) is 2.71. The van der Waals surface area contributed by atoms with Gasteiger partial charge in [0.05, 0.1) is 0 Å². The summed E-state index contributed by atoms with van der Waals surface area (Å²) in [4.78, 5) is 25.5. The van der Waals surface area contributed by atoms with Gasteiger partial charge >= 0.3 is 5.97 Å². The van der Waals surface area contributed by atoms with Crippen molar-refractivity contribution >= 4 is 17.4 Å². The number of aromatic nitrogens is 1. The summed E-state index contributed by atoms with van der Waals surface area (Å²) < 4.78 is 0. The third kappa shape index (κ3) is 1.98. The van der Waals surface area contributed by atoms with Crippen LogP contribution in [0.2, 0.25) is 0 Å². The summed E-state index contributed by atoms with van der Waals surface area (Å²) in [6, 6.07) is 6.50. The number of nitrogens with two attached hydrogens (primary N) is 1. The van der Waals surface area contributed by atoms with Crippen molar-refractivity contribution in [1.82, 2.24) is 4.98 Å². The number of carbonyl (C=O) groups excluding carboxylic acids is 1. The number of hydrogen-bond acceptors (Lipinski definition) is 3. The fraction of sp³-hybridized carbons (Fsp3) is 0.0769. The van der Waals surface area contributed by atoms with Crippen LogP contribution in [0.4, 0.5) is 5.69 Å². The standard InChI is InChI=1S/C13H12N2O3/c1-7-3-2-4-9(14)11(7)12(16)8-5-10(13(17)18)15-6-8/h2-6,15H,14H2,1H3,(H,17,18). The van der Waals surface area contributed by atoms with Crippen LogP contribution in [0, 0.1) is 6.92 Å². The molecule has 0 unspecified atom stereocenters. The normalized spacial score (nSPS) is 10.3. The van der Waals surface area contributed by atoms with Crippen LogP contribution in [0.1, 0.15) is 32.0 Å². The molecule has 0 atom stereocenters. The number of aromatic amines is 1. The molecule has 0 saturated heterocycles. The lowest BCUT2D eigenvalue weighted by Crippen LogP contribution is -2.06. The SMILES string of the molecule is Cc1cccc(N)c1C(=O)c1c[nH]c(C(=O)O)c1. The molecule has 0 saturated carbocycles. The highest BCUT2D eigenvalue weighted by atomic mass is 16.4. The summed E-state index contributed by atoms with van der Waals surface area (Å²) in [5.74, 6) is -1.39. The van der Waals surface area contributed by atoms with Crippen LogP contribution in [0.3, 0.4) is 0 Å². The van der Waals surface area contributed by atoms with Crippen LogP contribution in [-0.4, -0.2) is 21.8 Å². The molecule has 5 heteroatoms. The minimum atomic E-state index is -1.10. The first-order chi connectivity index (χ1) is 8.50. The Hall–Kier alpha value is -2.56. The minimum Gasteiger partial charge on any atom is -0.477 e. The number of carbonyl (C=O) groups is 2. The first kappa shape index (κ1) is 11.9. The average Bonchev–Trinajstić information content (AvgIpc) is 2.77. The van der Waals surface area contributed by atoms with Gasteiger partial charge in [0.2, 0.25) is 0 Å². The molecule has 1 heterocycles. The predicted octanol–water partition coefficient (Wildman–Crippen LogP) is 1.83. The lowest BCUT2D eigenvalue weighted by atomic mass is 9.99. The maximum atomic E-state index is 12.2. The summed E-state index contributed by atoms with van der Waals surface area (Å²) in [6.07, 6.45) is 1.37. The molecule has 0 radical (unpaired) electrons. The van der Waals surface area contributed by atoms with Crippen molar-refractivity contribution in [3.8, 4) is 0 Å². The van der Waals surface area contributed by atoms with Crippen LogP contribution in [0.25, 0.3) is 0 Å². The molecule has 1 aromatic carbocycles. The maximum Gasteiger partial charge on any atom is 0.352 e. The molecule has 5 nitrogen and oxygen atoms in total. The molecule has 0 aliphatic rings. The highest BCUT2D eigenvalue weighted by Gasteiger charge is 2.17. The van der Waals surface area contributed by atoms with Crippen LogP contribution in [0.15, 0.2) is 30.5 Å². The Bertz CT molecular complexity index is 609. The van der Waals surface area contributed by atoms with E-state index < -0.39 is 5.97 Å². The summed E-state index contributed by atoms with van der Waals surface area (Å²) in [7, 11) is 0. The number of aromatic carboxylic acids is 1.